The predicted molar refractivity (Wildman–Crippen MR) is 78.6 cm³/mol. The monoisotopic (exact) mass is 289 g/mol. The molecule has 5 heteroatoms. The molecule has 0 aliphatic carbocycles. The van der Waals surface area contributed by atoms with E-state index in [2.05, 4.69) is 10.1 Å². The van der Waals surface area contributed by atoms with Crippen LogP contribution in [0.25, 0.3) is 11.3 Å². The average Bonchev–Trinajstić information content (AvgIpc) is 2.97. The number of halogens is 1. The third kappa shape index (κ3) is 2.97. The molecule has 3 heterocycles. The molecule has 1 aliphatic heterocycles. The standard InChI is InChI=1S/C16H20FN3O/c1-11(2)14-9-18-16(7-15(14)17)12-8-19-20(10-12)13-3-5-21-6-4-13/h7-11,13H,3-6H2,1-2H3. The van der Waals surface area contributed by atoms with Crippen LogP contribution in [-0.4, -0.2) is 28.0 Å². The van der Waals surface area contributed by atoms with E-state index >= 15 is 0 Å². The Kier molecular flexibility index (Phi) is 4.01. The maximum atomic E-state index is 14.1. The van der Waals surface area contributed by atoms with Crippen LogP contribution in [0.5, 0.6) is 0 Å². The van der Waals surface area contributed by atoms with Crippen molar-refractivity contribution in [3.63, 3.8) is 0 Å². The van der Waals surface area contributed by atoms with Gasteiger partial charge in [-0.05, 0) is 18.8 Å². The Morgan fingerprint density at radius 1 is 1.29 bits per heavy atom. The lowest BCUT2D eigenvalue weighted by Crippen LogP contribution is -2.19. The number of aromatic nitrogens is 3. The number of pyridine rings is 1. The van der Waals surface area contributed by atoms with Crippen LogP contribution in [0.2, 0.25) is 0 Å². The van der Waals surface area contributed by atoms with E-state index in [4.69, 9.17) is 4.74 Å². The summed E-state index contributed by atoms with van der Waals surface area (Å²) < 4.78 is 21.4. The van der Waals surface area contributed by atoms with E-state index in [1.807, 2.05) is 24.7 Å². The summed E-state index contributed by atoms with van der Waals surface area (Å²) in [6.45, 7) is 5.47. The molecule has 0 aromatic carbocycles. The third-order valence-corrected chi connectivity index (χ3v) is 3.97. The second-order valence-electron chi connectivity index (χ2n) is 5.80. The molecule has 0 amide bonds. The Balaban J connectivity index is 1.84. The minimum atomic E-state index is -0.200. The molecule has 4 nitrogen and oxygen atoms in total. The lowest BCUT2D eigenvalue weighted by Gasteiger charge is -2.22. The second kappa shape index (κ2) is 5.93. The van der Waals surface area contributed by atoms with E-state index in [0.717, 1.165) is 31.6 Å². The molecule has 0 bridgehead atoms. The van der Waals surface area contributed by atoms with E-state index < -0.39 is 0 Å². The van der Waals surface area contributed by atoms with Gasteiger partial charge in [-0.2, -0.15) is 5.10 Å². The first-order valence-electron chi connectivity index (χ1n) is 7.43. The van der Waals surface area contributed by atoms with Crippen LogP contribution >= 0.6 is 0 Å². The van der Waals surface area contributed by atoms with Crippen molar-refractivity contribution in [3.8, 4) is 11.3 Å². The largest absolute Gasteiger partial charge is 0.381 e. The van der Waals surface area contributed by atoms with Gasteiger partial charge in [0.15, 0.2) is 0 Å². The van der Waals surface area contributed by atoms with E-state index in [0.29, 0.717) is 17.3 Å². The van der Waals surface area contributed by atoms with Gasteiger partial charge in [-0.1, -0.05) is 13.8 Å². The van der Waals surface area contributed by atoms with Gasteiger partial charge in [0, 0.05) is 42.8 Å². The average molecular weight is 289 g/mol. The highest BCUT2D eigenvalue weighted by Gasteiger charge is 2.17. The molecular formula is C16H20FN3O. The van der Waals surface area contributed by atoms with Crippen LogP contribution in [0.15, 0.2) is 24.7 Å². The molecule has 1 aliphatic rings. The predicted octanol–water partition coefficient (Wildman–Crippen LogP) is 3.56. The van der Waals surface area contributed by atoms with Crippen molar-refractivity contribution in [3.05, 3.63) is 36.0 Å². The first-order valence-corrected chi connectivity index (χ1v) is 7.43. The molecule has 21 heavy (non-hydrogen) atoms. The Hall–Kier alpha value is -1.75. The molecule has 112 valence electrons. The Bertz CT molecular complexity index is 618. The third-order valence-electron chi connectivity index (χ3n) is 3.97. The van der Waals surface area contributed by atoms with Crippen molar-refractivity contribution in [2.24, 2.45) is 0 Å². The van der Waals surface area contributed by atoms with E-state index in [9.17, 15) is 4.39 Å². The summed E-state index contributed by atoms with van der Waals surface area (Å²) >= 11 is 0. The van der Waals surface area contributed by atoms with Crippen molar-refractivity contribution < 1.29 is 9.13 Å². The van der Waals surface area contributed by atoms with Gasteiger partial charge >= 0.3 is 0 Å². The zero-order valence-corrected chi connectivity index (χ0v) is 12.4. The summed E-state index contributed by atoms with van der Waals surface area (Å²) in [6.07, 6.45) is 7.27. The summed E-state index contributed by atoms with van der Waals surface area (Å²) in [4.78, 5) is 4.37. The fourth-order valence-corrected chi connectivity index (χ4v) is 2.64. The number of rotatable bonds is 3. The highest BCUT2D eigenvalue weighted by molar-refractivity contribution is 5.57. The first kappa shape index (κ1) is 14.2. The van der Waals surface area contributed by atoms with E-state index in [-0.39, 0.29) is 11.7 Å². The van der Waals surface area contributed by atoms with E-state index in [1.54, 1.807) is 12.4 Å². The Morgan fingerprint density at radius 3 is 2.71 bits per heavy atom. The number of hydrogen-bond donors (Lipinski definition) is 0. The molecule has 3 rings (SSSR count). The number of nitrogens with zero attached hydrogens (tertiary/aromatic N) is 3. The van der Waals surface area contributed by atoms with Crippen molar-refractivity contribution in [2.45, 2.75) is 38.6 Å². The van der Waals surface area contributed by atoms with Crippen LogP contribution in [0, 0.1) is 5.82 Å². The summed E-state index contributed by atoms with van der Waals surface area (Å²) in [5.41, 5.74) is 2.14. The molecule has 0 saturated carbocycles. The van der Waals surface area contributed by atoms with Crippen LogP contribution in [0.4, 0.5) is 4.39 Å². The highest BCUT2D eigenvalue weighted by Crippen LogP contribution is 2.25. The second-order valence-corrected chi connectivity index (χ2v) is 5.80. The van der Waals surface area contributed by atoms with Crippen molar-refractivity contribution in [1.29, 1.82) is 0 Å². The Morgan fingerprint density at radius 2 is 2.05 bits per heavy atom. The molecule has 0 N–H and O–H groups in total. The number of ether oxygens (including phenoxy) is 1. The maximum Gasteiger partial charge on any atom is 0.130 e. The molecule has 2 aromatic heterocycles. The normalized spacial score (nSPS) is 16.6. The zero-order valence-electron chi connectivity index (χ0n) is 12.4. The Labute approximate surface area is 124 Å². The highest BCUT2D eigenvalue weighted by atomic mass is 19.1. The van der Waals surface area contributed by atoms with Gasteiger partial charge < -0.3 is 4.74 Å². The molecule has 1 saturated heterocycles. The van der Waals surface area contributed by atoms with Gasteiger partial charge in [0.1, 0.15) is 5.82 Å². The minimum absolute atomic E-state index is 0.136. The summed E-state index contributed by atoms with van der Waals surface area (Å²) in [5.74, 6) is -0.0645. The lowest BCUT2D eigenvalue weighted by molar-refractivity contribution is 0.0662. The van der Waals surface area contributed by atoms with Crippen LogP contribution in [0.3, 0.4) is 0 Å². The first-order chi connectivity index (χ1) is 10.1. The molecule has 0 radical (unpaired) electrons. The maximum absolute atomic E-state index is 14.1. The van der Waals surface area contributed by atoms with E-state index in [1.165, 1.54) is 6.07 Å². The van der Waals surface area contributed by atoms with Gasteiger partial charge in [0.05, 0.1) is 17.9 Å². The molecule has 0 atom stereocenters. The minimum Gasteiger partial charge on any atom is -0.381 e. The number of hydrogen-bond acceptors (Lipinski definition) is 3. The van der Waals surface area contributed by atoms with Gasteiger partial charge in [0.25, 0.3) is 0 Å². The summed E-state index contributed by atoms with van der Waals surface area (Å²) in [5, 5.41) is 4.40. The molecule has 1 fully saturated rings. The fourth-order valence-electron chi connectivity index (χ4n) is 2.64. The molecule has 2 aromatic rings. The van der Waals surface area contributed by atoms with Crippen molar-refractivity contribution >= 4 is 0 Å². The topological polar surface area (TPSA) is 39.9 Å². The van der Waals surface area contributed by atoms with Crippen LogP contribution in [-0.2, 0) is 4.74 Å². The fraction of sp³-hybridized carbons (Fsp3) is 0.500. The van der Waals surface area contributed by atoms with Crippen LogP contribution < -0.4 is 0 Å². The zero-order chi connectivity index (χ0) is 14.8. The van der Waals surface area contributed by atoms with Crippen molar-refractivity contribution in [2.75, 3.05) is 13.2 Å². The quantitative estimate of drug-likeness (QED) is 0.867. The van der Waals surface area contributed by atoms with Crippen molar-refractivity contribution in [1.82, 2.24) is 14.8 Å². The molecule has 0 unspecified atom stereocenters. The lowest BCUT2D eigenvalue weighted by atomic mass is 10.0. The molecular weight excluding hydrogens is 269 g/mol. The van der Waals surface area contributed by atoms with Crippen LogP contribution in [0.1, 0.15) is 44.2 Å². The SMILES string of the molecule is CC(C)c1cnc(-c2cnn(C3CCOCC3)c2)cc1F. The van der Waals surface area contributed by atoms with Gasteiger partial charge in [-0.15, -0.1) is 0 Å². The van der Waals surface area contributed by atoms with Gasteiger partial charge in [-0.3, -0.25) is 9.67 Å². The summed E-state index contributed by atoms with van der Waals surface area (Å²) in [7, 11) is 0. The smallest absolute Gasteiger partial charge is 0.130 e. The molecule has 0 spiro atoms. The van der Waals surface area contributed by atoms with Gasteiger partial charge in [0.2, 0.25) is 0 Å². The van der Waals surface area contributed by atoms with Gasteiger partial charge in [-0.25, -0.2) is 4.39 Å². The summed E-state index contributed by atoms with van der Waals surface area (Å²) in [6, 6.07) is 1.87.